The highest BCUT2D eigenvalue weighted by atomic mass is 28.3. The summed E-state index contributed by atoms with van der Waals surface area (Å²) in [4.78, 5) is 2.53. The van der Waals surface area contributed by atoms with Gasteiger partial charge >= 0.3 is 0 Å². The van der Waals surface area contributed by atoms with Crippen LogP contribution in [0.4, 0.5) is 17.1 Å². The molecule has 2 nitrogen and oxygen atoms in total. The minimum atomic E-state index is -3.15. The molecule has 13 rings (SSSR count). The number of ether oxygens (including phenoxy) is 1. The molecule has 1 spiro atoms. The van der Waals surface area contributed by atoms with Crippen LogP contribution >= 0.6 is 0 Å². The van der Waals surface area contributed by atoms with Gasteiger partial charge in [-0.05, 0) is 111 Å². The molecule has 2 heterocycles. The second kappa shape index (κ2) is 15.3. The summed E-state index contributed by atoms with van der Waals surface area (Å²) in [6.07, 6.45) is 0. The molecule has 11 aromatic rings. The molecule has 0 radical (unpaired) electrons. The summed E-state index contributed by atoms with van der Waals surface area (Å²) in [5.74, 6) is 1.88. The molecule has 0 N–H and O–H groups in total. The number of rotatable bonds is 6. The Labute approximate surface area is 387 Å². The van der Waals surface area contributed by atoms with Crippen molar-refractivity contribution in [2.24, 2.45) is 0 Å². The predicted molar refractivity (Wildman–Crippen MR) is 282 cm³/mol. The van der Waals surface area contributed by atoms with Crippen LogP contribution in [0.25, 0.3) is 32.7 Å². The van der Waals surface area contributed by atoms with Gasteiger partial charge in [0.15, 0.2) is 16.1 Å². The van der Waals surface area contributed by atoms with Crippen LogP contribution in [0.15, 0.2) is 261 Å². The maximum Gasteiger partial charge on any atom is 0.188 e. The first-order valence-corrected chi connectivity index (χ1v) is 26.8. The lowest BCUT2D eigenvalue weighted by atomic mass is 9.98. The Kier molecular flexibility index (Phi) is 8.92. The average molecular weight is 874 g/mol. The Bertz CT molecular complexity index is 3540. The smallest absolute Gasteiger partial charge is 0.188 e. The fourth-order valence-corrected chi connectivity index (χ4v) is 23.8. The number of hydrogen-bond donors (Lipinski definition) is 0. The fraction of sp³-hybridized carbons (Fsp3) is 0. The molecule has 0 atom stereocenters. The molecular formula is C62H43NOSi2. The molecule has 11 aromatic carbocycles. The summed E-state index contributed by atoms with van der Waals surface area (Å²) >= 11 is 0. The molecule has 310 valence electrons. The van der Waals surface area contributed by atoms with E-state index < -0.39 is 16.1 Å². The standard InChI is InChI=1S/C62H43NOSi2/c1-4-20-44(21-5-1)45-36-38-47(39-37-45)63(54-42-46-22-10-11-27-51(46)52-28-12-13-29-53(52)54)48-40-41-61-62(43-48)66(57-32-16-14-30-55(57)64-56-31-15-17-33-58(56)66)60-35-19-18-34-59(60)65(61,49-23-6-2-7-24-49)50-25-8-3-9-26-50/h1-43H. The molecule has 0 amide bonds. The van der Waals surface area contributed by atoms with Crippen LogP contribution < -0.4 is 51.1 Å². The summed E-state index contributed by atoms with van der Waals surface area (Å²) in [5.41, 5.74) is 5.76. The fourth-order valence-electron chi connectivity index (χ4n) is 11.6. The zero-order chi connectivity index (χ0) is 43.7. The van der Waals surface area contributed by atoms with Gasteiger partial charge in [-0.3, -0.25) is 0 Å². The van der Waals surface area contributed by atoms with E-state index in [1.807, 2.05) is 0 Å². The van der Waals surface area contributed by atoms with Crippen LogP contribution in [-0.2, 0) is 0 Å². The van der Waals surface area contributed by atoms with Gasteiger partial charge in [0.1, 0.15) is 11.5 Å². The van der Waals surface area contributed by atoms with E-state index in [-0.39, 0.29) is 0 Å². The Balaban J connectivity index is 1.18. The average Bonchev–Trinajstić information content (AvgIpc) is 3.40. The van der Waals surface area contributed by atoms with Crippen molar-refractivity contribution in [1.29, 1.82) is 0 Å². The van der Waals surface area contributed by atoms with Gasteiger partial charge in [-0.1, -0.05) is 218 Å². The summed E-state index contributed by atoms with van der Waals surface area (Å²) in [6.45, 7) is 0. The number of hydrogen-bond acceptors (Lipinski definition) is 2. The van der Waals surface area contributed by atoms with Crippen molar-refractivity contribution in [3.8, 4) is 22.6 Å². The van der Waals surface area contributed by atoms with E-state index >= 15 is 0 Å². The largest absolute Gasteiger partial charge is 0.458 e. The minimum absolute atomic E-state index is 0.941. The van der Waals surface area contributed by atoms with Gasteiger partial charge in [0.25, 0.3) is 0 Å². The lowest BCUT2D eigenvalue weighted by Crippen LogP contribution is -2.93. The Morgan fingerprint density at radius 3 is 1.38 bits per heavy atom. The third-order valence-corrected chi connectivity index (χ3v) is 24.5. The van der Waals surface area contributed by atoms with Crippen LogP contribution in [0.3, 0.4) is 0 Å². The number of para-hydroxylation sites is 2. The molecule has 2 aliphatic heterocycles. The van der Waals surface area contributed by atoms with Crippen molar-refractivity contribution < 1.29 is 4.74 Å². The Morgan fingerprint density at radius 1 is 0.288 bits per heavy atom. The van der Waals surface area contributed by atoms with E-state index in [4.69, 9.17) is 4.74 Å². The van der Waals surface area contributed by atoms with Gasteiger partial charge in [0.05, 0.1) is 5.69 Å². The van der Waals surface area contributed by atoms with E-state index in [0.29, 0.717) is 0 Å². The van der Waals surface area contributed by atoms with Gasteiger partial charge in [-0.25, -0.2) is 0 Å². The minimum Gasteiger partial charge on any atom is -0.458 e. The van der Waals surface area contributed by atoms with Gasteiger partial charge in [-0.2, -0.15) is 0 Å². The summed E-state index contributed by atoms with van der Waals surface area (Å²) in [7, 11) is -6.15. The van der Waals surface area contributed by atoms with Crippen molar-refractivity contribution >= 4 is 96.2 Å². The van der Waals surface area contributed by atoms with E-state index in [9.17, 15) is 0 Å². The van der Waals surface area contributed by atoms with Crippen LogP contribution in [0.2, 0.25) is 0 Å². The molecule has 2 aliphatic rings. The molecule has 0 unspecified atom stereocenters. The number of nitrogens with zero attached hydrogens (tertiary/aromatic N) is 1. The van der Waals surface area contributed by atoms with Crippen LogP contribution in [-0.4, -0.2) is 16.1 Å². The first-order valence-electron chi connectivity index (χ1n) is 22.8. The summed E-state index contributed by atoms with van der Waals surface area (Å²) in [5, 5.41) is 16.0. The quantitative estimate of drug-likeness (QED) is 0.122. The van der Waals surface area contributed by atoms with Gasteiger partial charge < -0.3 is 9.64 Å². The zero-order valence-electron chi connectivity index (χ0n) is 36.2. The zero-order valence-corrected chi connectivity index (χ0v) is 38.2. The molecule has 0 aromatic heterocycles. The molecule has 0 saturated heterocycles. The molecule has 0 aliphatic carbocycles. The molecule has 66 heavy (non-hydrogen) atoms. The maximum absolute atomic E-state index is 6.95. The highest BCUT2D eigenvalue weighted by Crippen LogP contribution is 2.43. The topological polar surface area (TPSA) is 12.5 Å². The number of anilines is 3. The van der Waals surface area contributed by atoms with Crippen molar-refractivity contribution in [3.05, 3.63) is 261 Å². The highest BCUT2D eigenvalue weighted by molar-refractivity contribution is 7.33. The predicted octanol–water partition coefficient (Wildman–Crippen LogP) is 10.3. The van der Waals surface area contributed by atoms with Crippen LogP contribution in [0, 0.1) is 0 Å². The van der Waals surface area contributed by atoms with Crippen LogP contribution in [0.5, 0.6) is 11.5 Å². The Hall–Kier alpha value is -8.03. The summed E-state index contributed by atoms with van der Waals surface area (Å²) in [6, 6.07) is 97.6. The number of fused-ring (bicyclic) bond motifs is 11. The highest BCUT2D eigenvalue weighted by Gasteiger charge is 2.59. The lowest BCUT2D eigenvalue weighted by Gasteiger charge is -2.50. The summed E-state index contributed by atoms with van der Waals surface area (Å²) < 4.78 is 6.95. The van der Waals surface area contributed by atoms with E-state index in [2.05, 4.69) is 266 Å². The van der Waals surface area contributed by atoms with Gasteiger partial charge in [0.2, 0.25) is 0 Å². The van der Waals surface area contributed by atoms with Gasteiger partial charge in [-0.15, -0.1) is 0 Å². The molecule has 0 saturated carbocycles. The van der Waals surface area contributed by atoms with Crippen molar-refractivity contribution in [2.45, 2.75) is 0 Å². The van der Waals surface area contributed by atoms with Crippen molar-refractivity contribution in [2.75, 3.05) is 4.90 Å². The lowest BCUT2D eigenvalue weighted by molar-refractivity contribution is 0.487. The van der Waals surface area contributed by atoms with Crippen LogP contribution in [0.1, 0.15) is 0 Å². The van der Waals surface area contributed by atoms with E-state index in [0.717, 1.165) is 28.6 Å². The first kappa shape index (κ1) is 38.4. The second-order valence-corrected chi connectivity index (χ2v) is 24.9. The normalized spacial score (nSPS) is 13.8. The number of benzene rings is 11. The molecule has 4 heteroatoms. The van der Waals surface area contributed by atoms with Gasteiger partial charge in [0, 0.05) is 16.8 Å². The SMILES string of the molecule is c1ccc(-c2ccc(N(c3ccc4c(c3)[Si]3(c5ccccc5Oc5ccccc53)c3ccccc3[Si]4(c3ccccc3)c3ccccc3)c3cc4ccccc4c4ccccc34)cc2)cc1. The molecular weight excluding hydrogens is 831 g/mol. The third-order valence-electron chi connectivity index (χ3n) is 14.2. The monoisotopic (exact) mass is 873 g/mol. The van der Waals surface area contributed by atoms with Crippen molar-refractivity contribution in [1.82, 2.24) is 0 Å². The Morgan fingerprint density at radius 2 is 0.742 bits per heavy atom. The third kappa shape index (κ3) is 5.59. The molecule has 0 bridgehead atoms. The van der Waals surface area contributed by atoms with Crippen molar-refractivity contribution in [3.63, 3.8) is 0 Å². The first-order chi connectivity index (χ1) is 32.7. The maximum atomic E-state index is 6.95. The molecule has 0 fully saturated rings. The van der Waals surface area contributed by atoms with E-state index in [1.54, 1.807) is 0 Å². The second-order valence-electron chi connectivity index (χ2n) is 17.5. The van der Waals surface area contributed by atoms with E-state index in [1.165, 1.54) is 74.2 Å².